The predicted octanol–water partition coefficient (Wildman–Crippen LogP) is 3.84. The monoisotopic (exact) mass is 391 g/mol. The highest BCUT2D eigenvalue weighted by Gasteiger charge is 2.29. The van der Waals surface area contributed by atoms with Gasteiger partial charge >= 0.3 is 0 Å². The molecule has 6 heteroatoms. The summed E-state index contributed by atoms with van der Waals surface area (Å²) < 4.78 is 11.0. The van der Waals surface area contributed by atoms with E-state index >= 15 is 0 Å². The van der Waals surface area contributed by atoms with Gasteiger partial charge in [0.05, 0.1) is 7.11 Å². The number of benzene rings is 3. The third kappa shape index (κ3) is 3.82. The summed E-state index contributed by atoms with van der Waals surface area (Å²) in [7, 11) is 1.60. The molecule has 0 aromatic heterocycles. The summed E-state index contributed by atoms with van der Waals surface area (Å²) >= 11 is 0. The van der Waals surface area contributed by atoms with Crippen LogP contribution in [0.15, 0.2) is 60.7 Å². The summed E-state index contributed by atoms with van der Waals surface area (Å²) in [6.07, 6.45) is 0. The van der Waals surface area contributed by atoms with Gasteiger partial charge in [0, 0.05) is 25.2 Å². The first-order chi connectivity index (χ1) is 14.0. The van der Waals surface area contributed by atoms with E-state index in [1.807, 2.05) is 48.5 Å². The number of rotatable bonds is 5. The predicted molar refractivity (Wildman–Crippen MR) is 107 cm³/mol. The molecule has 0 radical (unpaired) electrons. The highest BCUT2D eigenvalue weighted by molar-refractivity contribution is 6.00. The van der Waals surface area contributed by atoms with Crippen molar-refractivity contribution < 1.29 is 24.5 Å². The number of carbonyl (C=O) groups excluding carboxylic acids is 1. The molecule has 4 rings (SSSR count). The van der Waals surface area contributed by atoms with E-state index in [0.29, 0.717) is 13.1 Å². The summed E-state index contributed by atoms with van der Waals surface area (Å²) in [5.74, 6) is 0.0335. The molecule has 1 aliphatic heterocycles. The standard InChI is InChI=1S/C23H21NO5/c1-28-19-8-7-16-12-24(13-17(16)9-19)23(27)22-20(26)10-18(25)11-21(22)29-14-15-5-3-2-4-6-15/h2-11,25-26H,12-14H2,1H3. The fourth-order valence-corrected chi connectivity index (χ4v) is 3.45. The van der Waals surface area contributed by atoms with E-state index in [1.165, 1.54) is 6.07 Å². The summed E-state index contributed by atoms with van der Waals surface area (Å²) in [6.45, 7) is 1.04. The van der Waals surface area contributed by atoms with Gasteiger partial charge < -0.3 is 24.6 Å². The molecule has 1 aliphatic rings. The van der Waals surface area contributed by atoms with Gasteiger partial charge in [0.25, 0.3) is 5.91 Å². The van der Waals surface area contributed by atoms with Crippen LogP contribution in [0.4, 0.5) is 0 Å². The zero-order valence-electron chi connectivity index (χ0n) is 16.0. The lowest BCUT2D eigenvalue weighted by atomic mass is 10.1. The molecule has 0 bridgehead atoms. The molecule has 0 spiro atoms. The molecule has 1 amide bonds. The first kappa shape index (κ1) is 18.7. The van der Waals surface area contributed by atoms with Gasteiger partial charge in [0.15, 0.2) is 0 Å². The Morgan fingerprint density at radius 1 is 1.00 bits per heavy atom. The van der Waals surface area contributed by atoms with Crippen LogP contribution in [0.25, 0.3) is 0 Å². The zero-order chi connectivity index (χ0) is 20.4. The minimum Gasteiger partial charge on any atom is -0.508 e. The molecule has 0 atom stereocenters. The Bertz CT molecular complexity index is 1050. The Morgan fingerprint density at radius 2 is 1.76 bits per heavy atom. The van der Waals surface area contributed by atoms with Gasteiger partial charge in [-0.25, -0.2) is 0 Å². The minimum absolute atomic E-state index is 0.0403. The second kappa shape index (κ2) is 7.75. The van der Waals surface area contributed by atoms with Gasteiger partial charge in [-0.05, 0) is 28.8 Å². The number of methoxy groups -OCH3 is 1. The van der Waals surface area contributed by atoms with Crippen LogP contribution in [-0.2, 0) is 19.7 Å². The maximum Gasteiger partial charge on any atom is 0.262 e. The molecular weight excluding hydrogens is 370 g/mol. The van der Waals surface area contributed by atoms with Gasteiger partial charge in [-0.3, -0.25) is 4.79 Å². The van der Waals surface area contributed by atoms with Crippen molar-refractivity contribution in [2.24, 2.45) is 0 Å². The van der Waals surface area contributed by atoms with Crippen LogP contribution in [0.3, 0.4) is 0 Å². The third-order valence-electron chi connectivity index (χ3n) is 4.94. The summed E-state index contributed by atoms with van der Waals surface area (Å²) in [5.41, 5.74) is 2.99. The fraction of sp³-hybridized carbons (Fsp3) is 0.174. The maximum absolute atomic E-state index is 13.2. The van der Waals surface area contributed by atoms with E-state index in [0.717, 1.165) is 28.5 Å². The number of ether oxygens (including phenoxy) is 2. The smallest absolute Gasteiger partial charge is 0.262 e. The number of aromatic hydroxyl groups is 2. The Balaban J connectivity index is 1.59. The summed E-state index contributed by atoms with van der Waals surface area (Å²) in [4.78, 5) is 14.8. The minimum atomic E-state index is -0.360. The van der Waals surface area contributed by atoms with Gasteiger partial charge in [-0.2, -0.15) is 0 Å². The lowest BCUT2D eigenvalue weighted by Gasteiger charge is -2.19. The third-order valence-corrected chi connectivity index (χ3v) is 4.94. The average Bonchev–Trinajstić information content (AvgIpc) is 3.15. The van der Waals surface area contributed by atoms with E-state index in [4.69, 9.17) is 9.47 Å². The Morgan fingerprint density at radius 3 is 2.52 bits per heavy atom. The molecule has 3 aromatic carbocycles. The molecule has 0 unspecified atom stereocenters. The van der Waals surface area contributed by atoms with Crippen LogP contribution in [-0.4, -0.2) is 28.1 Å². The lowest BCUT2D eigenvalue weighted by Crippen LogP contribution is -2.26. The average molecular weight is 391 g/mol. The van der Waals surface area contributed by atoms with Crippen molar-refractivity contribution in [3.05, 3.63) is 82.9 Å². The molecule has 3 aromatic rings. The number of nitrogens with zero attached hydrogens (tertiary/aromatic N) is 1. The Kier molecular flexibility index (Phi) is 4.99. The molecule has 0 saturated heterocycles. The van der Waals surface area contributed by atoms with Gasteiger partial charge in [0.2, 0.25) is 0 Å². The van der Waals surface area contributed by atoms with Crippen LogP contribution in [0.1, 0.15) is 27.0 Å². The number of fused-ring (bicyclic) bond motifs is 1. The largest absolute Gasteiger partial charge is 0.508 e. The highest BCUT2D eigenvalue weighted by atomic mass is 16.5. The van der Waals surface area contributed by atoms with Crippen molar-refractivity contribution in [2.45, 2.75) is 19.7 Å². The number of phenols is 2. The Labute approximate surface area is 168 Å². The van der Waals surface area contributed by atoms with Crippen LogP contribution >= 0.6 is 0 Å². The van der Waals surface area contributed by atoms with Gasteiger partial charge in [-0.1, -0.05) is 36.4 Å². The van der Waals surface area contributed by atoms with E-state index in [9.17, 15) is 15.0 Å². The molecular formula is C23H21NO5. The van der Waals surface area contributed by atoms with Gasteiger partial charge in [0.1, 0.15) is 35.2 Å². The van der Waals surface area contributed by atoms with Gasteiger partial charge in [-0.15, -0.1) is 0 Å². The molecule has 0 aliphatic carbocycles. The molecule has 2 N–H and O–H groups in total. The molecule has 148 valence electrons. The maximum atomic E-state index is 13.2. The summed E-state index contributed by atoms with van der Waals surface area (Å²) in [6, 6.07) is 17.7. The van der Waals surface area contributed by atoms with E-state index in [-0.39, 0.29) is 35.3 Å². The quantitative estimate of drug-likeness (QED) is 0.691. The summed E-state index contributed by atoms with van der Waals surface area (Å²) in [5, 5.41) is 20.3. The van der Waals surface area contributed by atoms with Crippen LogP contribution in [0.5, 0.6) is 23.0 Å². The van der Waals surface area contributed by atoms with Crippen molar-refractivity contribution >= 4 is 5.91 Å². The number of amides is 1. The van der Waals surface area contributed by atoms with E-state index < -0.39 is 0 Å². The first-order valence-corrected chi connectivity index (χ1v) is 9.23. The van der Waals surface area contributed by atoms with Crippen LogP contribution in [0, 0.1) is 0 Å². The van der Waals surface area contributed by atoms with Crippen LogP contribution < -0.4 is 9.47 Å². The molecule has 0 saturated carbocycles. The zero-order valence-corrected chi connectivity index (χ0v) is 16.0. The number of phenolic OH excluding ortho intramolecular Hbond substituents is 2. The number of hydrogen-bond donors (Lipinski definition) is 2. The molecule has 0 fully saturated rings. The normalized spacial score (nSPS) is 12.5. The van der Waals surface area contributed by atoms with Crippen molar-refractivity contribution in [1.29, 1.82) is 0 Å². The fourth-order valence-electron chi connectivity index (χ4n) is 3.45. The molecule has 6 nitrogen and oxygen atoms in total. The van der Waals surface area contributed by atoms with Crippen molar-refractivity contribution in [3.8, 4) is 23.0 Å². The van der Waals surface area contributed by atoms with Crippen molar-refractivity contribution in [3.63, 3.8) is 0 Å². The highest BCUT2D eigenvalue weighted by Crippen LogP contribution is 2.36. The SMILES string of the molecule is COc1ccc2c(c1)CN(C(=O)c1c(O)cc(O)cc1OCc1ccccc1)C2. The molecule has 1 heterocycles. The van der Waals surface area contributed by atoms with E-state index in [1.54, 1.807) is 12.0 Å². The van der Waals surface area contributed by atoms with Crippen LogP contribution in [0.2, 0.25) is 0 Å². The lowest BCUT2D eigenvalue weighted by molar-refractivity contribution is 0.0743. The Hall–Kier alpha value is -3.67. The second-order valence-electron chi connectivity index (χ2n) is 6.91. The van der Waals surface area contributed by atoms with Crippen molar-refractivity contribution in [1.82, 2.24) is 4.90 Å². The molecule has 29 heavy (non-hydrogen) atoms. The number of carbonyl (C=O) groups is 1. The van der Waals surface area contributed by atoms with E-state index in [2.05, 4.69) is 0 Å². The number of hydrogen-bond acceptors (Lipinski definition) is 5. The first-order valence-electron chi connectivity index (χ1n) is 9.23. The topological polar surface area (TPSA) is 79.2 Å². The van der Waals surface area contributed by atoms with Crippen molar-refractivity contribution in [2.75, 3.05) is 7.11 Å². The second-order valence-corrected chi connectivity index (χ2v) is 6.91.